The van der Waals surface area contributed by atoms with E-state index in [4.69, 9.17) is 14.2 Å². The number of nitrogens with zero attached hydrogens (tertiary/aromatic N) is 3. The highest BCUT2D eigenvalue weighted by molar-refractivity contribution is 7.91. The highest BCUT2D eigenvalue weighted by atomic mass is 32.2. The lowest BCUT2D eigenvalue weighted by Gasteiger charge is -2.37. The van der Waals surface area contributed by atoms with Gasteiger partial charge in [0.1, 0.15) is 35.6 Å². The van der Waals surface area contributed by atoms with E-state index in [1.54, 1.807) is 25.1 Å². The topological polar surface area (TPSA) is 186 Å². The lowest BCUT2D eigenvalue weighted by Crippen LogP contribution is -2.63. The fourth-order valence-corrected chi connectivity index (χ4v) is 10.7. The molecule has 2 aromatic rings. The number of alkyl halides is 4. The van der Waals surface area contributed by atoms with Crippen LogP contribution in [0.2, 0.25) is 0 Å². The van der Waals surface area contributed by atoms with Gasteiger partial charge >= 0.3 is 12.3 Å². The van der Waals surface area contributed by atoms with Crippen LogP contribution in [0.25, 0.3) is 10.9 Å². The van der Waals surface area contributed by atoms with Crippen LogP contribution in [0.3, 0.4) is 0 Å². The second-order valence-electron chi connectivity index (χ2n) is 20.4. The van der Waals surface area contributed by atoms with Crippen molar-refractivity contribution in [2.24, 2.45) is 11.8 Å². The predicted molar refractivity (Wildman–Crippen MR) is 245 cm³/mol. The molecule has 1 aliphatic carbocycles. The SMILES string of the molecule is CC(C)[C@H](C)OC(=O)N[C@H]1CCCCC/C=C\[C@H](C)[C@](F)(C(=O)NS(=O)(=O)C2(C)CC2)NC(=O)[C@@H]2C[C@]3(CCc4c(c(C(F)(F)F)nc5ccc(OC6CCN(C(C)C)CC6)cc45)O3)CN2C1=O. The van der Waals surface area contributed by atoms with Crippen molar-refractivity contribution in [3.05, 3.63) is 41.6 Å². The zero-order valence-electron chi connectivity index (χ0n) is 40.0. The molecule has 1 aromatic carbocycles. The minimum Gasteiger partial charge on any atom is -0.490 e. The van der Waals surface area contributed by atoms with Crippen LogP contribution in [-0.4, -0.2) is 113 Å². The van der Waals surface area contributed by atoms with E-state index >= 15 is 17.6 Å². The first kappa shape index (κ1) is 51.1. The summed E-state index contributed by atoms with van der Waals surface area (Å²) < 4.78 is 108. The quantitative estimate of drug-likeness (QED) is 0.131. The number of rotatable bonds is 9. The first-order valence-electron chi connectivity index (χ1n) is 24.0. The molecule has 3 N–H and O–H groups in total. The standard InChI is InChI=1S/C48H66F4N6O9S/c1-28(2)31(6)65-44(62)54-37-14-12-10-8-9-11-13-30(5)47(49,43(61)56-68(63,64)45(7)21-22-45)55-41(59)38-26-46(27-58(38)42(37)60)20-17-34-35-25-33(66-32-18-23-57(24-19-32)29(3)4)15-16-36(35)53-40(39(34)67-46)48(50,51)52/h11,13,15-16,25,28-32,37-38H,8-10,12,14,17-24,26-27H2,1-7H3,(H,54,62)(H,55,59)(H,56,61)/b13-11-/t30-,31-,37-,38-,46+,47+/m0/s1. The number of hydrogen-bond donors (Lipinski definition) is 3. The van der Waals surface area contributed by atoms with Gasteiger partial charge in [-0.15, -0.1) is 0 Å². The molecule has 376 valence electrons. The maximum atomic E-state index is 17.6. The Morgan fingerprint density at radius 1 is 1.01 bits per heavy atom. The fraction of sp³-hybridized carbons (Fsp3) is 0.688. The number of carbonyl (C=O) groups excluding carboxylic acids is 4. The third kappa shape index (κ3) is 10.8. The Balaban J connectivity index is 1.26. The number of carbonyl (C=O) groups is 4. The summed E-state index contributed by atoms with van der Waals surface area (Å²) in [6.45, 7) is 13.5. The van der Waals surface area contributed by atoms with E-state index in [1.807, 2.05) is 18.6 Å². The Morgan fingerprint density at radius 2 is 1.72 bits per heavy atom. The first-order valence-corrected chi connectivity index (χ1v) is 25.5. The van der Waals surface area contributed by atoms with Gasteiger partial charge in [0.05, 0.1) is 16.8 Å². The lowest BCUT2D eigenvalue weighted by atomic mass is 9.87. The van der Waals surface area contributed by atoms with Gasteiger partial charge in [0.15, 0.2) is 11.4 Å². The maximum absolute atomic E-state index is 17.6. The third-order valence-electron chi connectivity index (χ3n) is 14.6. The predicted octanol–water partition coefficient (Wildman–Crippen LogP) is 7.25. The molecule has 0 unspecified atom stereocenters. The first-order chi connectivity index (χ1) is 31.8. The molecule has 4 aliphatic heterocycles. The number of benzene rings is 1. The van der Waals surface area contributed by atoms with Gasteiger partial charge in [-0.05, 0) is 110 Å². The number of sulfonamides is 1. The van der Waals surface area contributed by atoms with Crippen molar-refractivity contribution in [1.29, 1.82) is 0 Å². The van der Waals surface area contributed by atoms with E-state index in [-0.39, 0.29) is 55.2 Å². The molecule has 1 saturated carbocycles. The molecule has 20 heteroatoms. The molecule has 2 saturated heterocycles. The van der Waals surface area contributed by atoms with Crippen LogP contribution in [0.15, 0.2) is 30.4 Å². The molecule has 3 fully saturated rings. The number of nitrogens with one attached hydrogen (secondary N) is 3. The second kappa shape index (κ2) is 19.6. The maximum Gasteiger partial charge on any atom is 0.437 e. The average molecular weight is 979 g/mol. The Kier molecular flexibility index (Phi) is 14.7. The van der Waals surface area contributed by atoms with E-state index in [1.165, 1.54) is 26.0 Å². The summed E-state index contributed by atoms with van der Waals surface area (Å²) in [5.41, 5.74) is -2.71. The molecule has 7 rings (SSSR count). The Hall–Kier alpha value is -4.72. The number of ether oxygens (including phenoxy) is 3. The van der Waals surface area contributed by atoms with Crippen LogP contribution >= 0.6 is 0 Å². The van der Waals surface area contributed by atoms with Crippen LogP contribution in [-0.2, 0) is 41.7 Å². The van der Waals surface area contributed by atoms with Crippen LogP contribution < -0.4 is 24.8 Å². The summed E-state index contributed by atoms with van der Waals surface area (Å²) in [5.74, 6) is -8.69. The second-order valence-corrected chi connectivity index (χ2v) is 22.6. The molecule has 68 heavy (non-hydrogen) atoms. The Labute approximate surface area is 395 Å². The van der Waals surface area contributed by atoms with Gasteiger partial charge in [0, 0.05) is 42.4 Å². The van der Waals surface area contributed by atoms with Crippen molar-refractivity contribution in [2.45, 2.75) is 178 Å². The van der Waals surface area contributed by atoms with Gasteiger partial charge in [-0.2, -0.15) is 13.2 Å². The number of piperidine rings is 1. The van der Waals surface area contributed by atoms with Crippen molar-refractivity contribution >= 4 is 44.7 Å². The Morgan fingerprint density at radius 3 is 2.37 bits per heavy atom. The van der Waals surface area contributed by atoms with Crippen LogP contribution in [0.4, 0.5) is 22.4 Å². The van der Waals surface area contributed by atoms with Gasteiger partial charge in [-0.1, -0.05) is 45.8 Å². The normalized spacial score (nSPS) is 28.4. The third-order valence-corrected chi connectivity index (χ3v) is 16.8. The largest absolute Gasteiger partial charge is 0.490 e. The molecule has 0 bridgehead atoms. The van der Waals surface area contributed by atoms with E-state index in [2.05, 4.69) is 34.4 Å². The molecule has 5 heterocycles. The van der Waals surface area contributed by atoms with Gasteiger partial charge in [-0.25, -0.2) is 27.3 Å². The van der Waals surface area contributed by atoms with Crippen LogP contribution in [0.1, 0.15) is 130 Å². The summed E-state index contributed by atoms with van der Waals surface area (Å²) in [5, 5.41) is 5.16. The fourth-order valence-electron chi connectivity index (χ4n) is 9.47. The zero-order valence-corrected chi connectivity index (χ0v) is 40.8. The number of fused-ring (bicyclic) bond motifs is 4. The van der Waals surface area contributed by atoms with Crippen LogP contribution in [0.5, 0.6) is 11.5 Å². The number of pyridine rings is 1. The van der Waals surface area contributed by atoms with Crippen molar-refractivity contribution in [3.63, 3.8) is 0 Å². The number of aromatic nitrogens is 1. The molecule has 1 spiro atoms. The van der Waals surface area contributed by atoms with Crippen molar-refractivity contribution in [1.82, 2.24) is 30.1 Å². The summed E-state index contributed by atoms with van der Waals surface area (Å²) >= 11 is 0. The number of allylic oxidation sites excluding steroid dienone is 1. The number of likely N-dealkylation sites (tertiary alicyclic amines) is 1. The van der Waals surface area contributed by atoms with E-state index < -0.39 is 105 Å². The monoisotopic (exact) mass is 978 g/mol. The summed E-state index contributed by atoms with van der Waals surface area (Å²) in [4.78, 5) is 64.2. The van der Waals surface area contributed by atoms with Crippen molar-refractivity contribution in [3.8, 4) is 11.5 Å². The number of halogens is 4. The zero-order chi connectivity index (χ0) is 49.6. The molecular formula is C48H66F4N6O9S. The minimum absolute atomic E-state index is 0.00796. The Bertz CT molecular complexity index is 2390. The number of aryl methyl sites for hydroxylation is 1. The minimum atomic E-state index is -5.00. The van der Waals surface area contributed by atoms with E-state index in [0.29, 0.717) is 42.9 Å². The average Bonchev–Trinajstić information content (AvgIpc) is 3.94. The number of hydrogen-bond acceptors (Lipinski definition) is 11. The molecule has 4 amide bonds. The summed E-state index contributed by atoms with van der Waals surface area (Å²) in [6, 6.07) is 2.16. The number of amides is 4. The summed E-state index contributed by atoms with van der Waals surface area (Å²) in [6.07, 6.45) is -0.0229. The van der Waals surface area contributed by atoms with Gasteiger partial charge in [0.25, 0.3) is 11.7 Å². The van der Waals surface area contributed by atoms with Crippen molar-refractivity contribution in [2.75, 3.05) is 19.6 Å². The van der Waals surface area contributed by atoms with Crippen LogP contribution in [0, 0.1) is 11.8 Å². The molecule has 6 atom stereocenters. The molecule has 15 nitrogen and oxygen atoms in total. The van der Waals surface area contributed by atoms with E-state index in [0.717, 1.165) is 30.8 Å². The lowest BCUT2D eigenvalue weighted by molar-refractivity contribution is -0.147. The molecule has 1 aromatic heterocycles. The van der Waals surface area contributed by atoms with Gasteiger partial charge < -0.3 is 34.6 Å². The summed E-state index contributed by atoms with van der Waals surface area (Å²) in [7, 11) is -4.40. The highest BCUT2D eigenvalue weighted by Gasteiger charge is 2.58. The highest BCUT2D eigenvalue weighted by Crippen LogP contribution is 2.49. The molecule has 5 aliphatic rings. The van der Waals surface area contributed by atoms with E-state index in [9.17, 15) is 27.6 Å². The molecular weight excluding hydrogens is 913 g/mol. The smallest absolute Gasteiger partial charge is 0.437 e. The van der Waals surface area contributed by atoms with Crippen molar-refractivity contribution < 1.29 is 59.4 Å². The molecule has 0 radical (unpaired) electrons. The number of alkyl carbamates (subject to hydrolysis) is 1. The van der Waals surface area contributed by atoms with Gasteiger partial charge in [-0.3, -0.25) is 14.4 Å². The van der Waals surface area contributed by atoms with Gasteiger partial charge in [0.2, 0.25) is 21.8 Å².